The number of hydrogen-bond donors (Lipinski definition) is 1. The summed E-state index contributed by atoms with van der Waals surface area (Å²) < 4.78 is 28.3. The maximum Gasteiger partial charge on any atom is 0.297 e. The molecule has 0 amide bonds. The van der Waals surface area contributed by atoms with Crippen LogP contribution in [0, 0.1) is 6.92 Å². The Kier molecular flexibility index (Phi) is 5.99. The van der Waals surface area contributed by atoms with Crippen LogP contribution in [0.5, 0.6) is 0 Å². The molecular weight excluding hydrogens is 288 g/mol. The summed E-state index contributed by atoms with van der Waals surface area (Å²) in [5.74, 6) is 0.110. The molecule has 1 N–H and O–H groups in total. The summed E-state index contributed by atoms with van der Waals surface area (Å²) in [7, 11) is -3.86. The molecule has 0 aliphatic carbocycles. The Morgan fingerprint density at radius 1 is 1.37 bits per heavy atom. The van der Waals surface area contributed by atoms with Gasteiger partial charge in [-0.2, -0.15) is 8.42 Å². The summed E-state index contributed by atoms with van der Waals surface area (Å²) in [5, 5.41) is 9.35. The SMILES string of the molecule is CC(=O)SC[C@@H](O)COS(=O)(=O)c1ccc(C)cc1. The van der Waals surface area contributed by atoms with Gasteiger partial charge in [0.05, 0.1) is 17.6 Å². The molecule has 1 aromatic carbocycles. The number of hydrogen-bond acceptors (Lipinski definition) is 6. The predicted molar refractivity (Wildman–Crippen MR) is 73.5 cm³/mol. The number of carbonyl (C=O) groups excluding carboxylic acids is 1. The van der Waals surface area contributed by atoms with Crippen LogP contribution >= 0.6 is 11.8 Å². The fourth-order valence-corrected chi connectivity index (χ4v) is 2.67. The van der Waals surface area contributed by atoms with Gasteiger partial charge in [-0.1, -0.05) is 29.5 Å². The molecule has 0 aromatic heterocycles. The van der Waals surface area contributed by atoms with Crippen molar-refractivity contribution in [3.8, 4) is 0 Å². The van der Waals surface area contributed by atoms with Crippen LogP contribution in [0.1, 0.15) is 12.5 Å². The Morgan fingerprint density at radius 3 is 2.47 bits per heavy atom. The lowest BCUT2D eigenvalue weighted by Gasteiger charge is -2.10. The smallest absolute Gasteiger partial charge is 0.297 e. The first-order valence-electron chi connectivity index (χ1n) is 5.59. The molecule has 0 radical (unpaired) electrons. The lowest BCUT2D eigenvalue weighted by atomic mass is 10.2. The van der Waals surface area contributed by atoms with Gasteiger partial charge >= 0.3 is 0 Å². The van der Waals surface area contributed by atoms with Gasteiger partial charge in [-0.25, -0.2) is 0 Å². The van der Waals surface area contributed by atoms with Crippen molar-refractivity contribution in [3.63, 3.8) is 0 Å². The molecule has 1 aromatic rings. The molecule has 0 bridgehead atoms. The fraction of sp³-hybridized carbons (Fsp3) is 0.417. The highest BCUT2D eigenvalue weighted by Crippen LogP contribution is 2.14. The predicted octanol–water partition coefficient (Wildman–Crippen LogP) is 1.34. The van der Waals surface area contributed by atoms with E-state index in [-0.39, 0.29) is 22.4 Å². The van der Waals surface area contributed by atoms with Crippen molar-refractivity contribution in [1.29, 1.82) is 0 Å². The molecule has 0 aliphatic rings. The zero-order valence-electron chi connectivity index (χ0n) is 10.7. The highest BCUT2D eigenvalue weighted by molar-refractivity contribution is 8.13. The molecule has 5 nitrogen and oxygen atoms in total. The minimum absolute atomic E-state index is 0.0459. The van der Waals surface area contributed by atoms with E-state index in [1.165, 1.54) is 19.1 Å². The minimum atomic E-state index is -3.86. The summed E-state index contributed by atoms with van der Waals surface area (Å²) in [6.45, 7) is 2.86. The van der Waals surface area contributed by atoms with Gasteiger partial charge in [0.1, 0.15) is 0 Å². The van der Waals surface area contributed by atoms with Gasteiger partial charge < -0.3 is 5.11 Å². The zero-order chi connectivity index (χ0) is 14.5. The largest absolute Gasteiger partial charge is 0.390 e. The Balaban J connectivity index is 2.56. The van der Waals surface area contributed by atoms with Crippen LogP contribution in [0.15, 0.2) is 29.2 Å². The van der Waals surface area contributed by atoms with Gasteiger partial charge in [0, 0.05) is 12.7 Å². The molecular formula is C12H16O5S2. The molecule has 1 rings (SSSR count). The third-order valence-electron chi connectivity index (χ3n) is 2.20. The number of aliphatic hydroxyl groups excluding tert-OH is 1. The van der Waals surface area contributed by atoms with Crippen LogP contribution in [0.2, 0.25) is 0 Å². The monoisotopic (exact) mass is 304 g/mol. The second-order valence-electron chi connectivity index (χ2n) is 4.01. The molecule has 19 heavy (non-hydrogen) atoms. The van der Waals surface area contributed by atoms with Gasteiger partial charge in [0.25, 0.3) is 10.1 Å². The van der Waals surface area contributed by atoms with Gasteiger partial charge in [0.15, 0.2) is 5.12 Å². The van der Waals surface area contributed by atoms with Crippen molar-refractivity contribution in [2.24, 2.45) is 0 Å². The fourth-order valence-electron chi connectivity index (χ4n) is 1.20. The normalized spacial score (nSPS) is 13.2. The Hall–Kier alpha value is -0.890. The van der Waals surface area contributed by atoms with Crippen LogP contribution < -0.4 is 0 Å². The highest BCUT2D eigenvalue weighted by atomic mass is 32.2. The summed E-state index contributed by atoms with van der Waals surface area (Å²) in [6, 6.07) is 6.22. The standard InChI is InChI=1S/C12H16O5S2/c1-9-3-5-12(6-4-9)19(15,16)17-7-11(14)8-18-10(2)13/h3-6,11,14H,7-8H2,1-2H3/t11-/m0/s1. The number of rotatable bonds is 6. The van der Waals surface area contributed by atoms with Crippen molar-refractivity contribution in [1.82, 2.24) is 0 Å². The number of carbonyl (C=O) groups is 1. The van der Waals surface area contributed by atoms with Crippen LogP contribution in [-0.2, 0) is 19.1 Å². The molecule has 106 valence electrons. The molecule has 0 saturated heterocycles. The molecule has 0 unspecified atom stereocenters. The van der Waals surface area contributed by atoms with E-state index in [9.17, 15) is 18.3 Å². The summed E-state index contributed by atoms with van der Waals surface area (Å²) in [4.78, 5) is 10.7. The third kappa shape index (κ3) is 5.73. The molecule has 1 atom stereocenters. The summed E-state index contributed by atoms with van der Waals surface area (Å²) >= 11 is 0.924. The molecule has 0 aliphatic heterocycles. The van der Waals surface area contributed by atoms with Crippen LogP contribution in [0.4, 0.5) is 0 Å². The lowest BCUT2D eigenvalue weighted by molar-refractivity contribution is -0.109. The number of aliphatic hydroxyl groups is 1. The van der Waals surface area contributed by atoms with E-state index >= 15 is 0 Å². The Labute approximate surface area is 117 Å². The number of benzene rings is 1. The van der Waals surface area contributed by atoms with Gasteiger partial charge in [0.2, 0.25) is 0 Å². The van der Waals surface area contributed by atoms with Crippen molar-refractivity contribution in [3.05, 3.63) is 29.8 Å². The average Bonchev–Trinajstić information content (AvgIpc) is 2.34. The molecule has 0 heterocycles. The van der Waals surface area contributed by atoms with E-state index in [0.717, 1.165) is 17.3 Å². The maximum absolute atomic E-state index is 11.8. The van der Waals surface area contributed by atoms with Crippen LogP contribution in [0.25, 0.3) is 0 Å². The topological polar surface area (TPSA) is 80.7 Å². The van der Waals surface area contributed by atoms with Crippen molar-refractivity contribution < 1.29 is 22.5 Å². The molecule has 7 heteroatoms. The average molecular weight is 304 g/mol. The van der Waals surface area contributed by atoms with Crippen LogP contribution in [-0.4, -0.2) is 37.1 Å². The van der Waals surface area contributed by atoms with E-state index in [1.807, 2.05) is 6.92 Å². The van der Waals surface area contributed by atoms with Crippen molar-refractivity contribution in [2.75, 3.05) is 12.4 Å². The Bertz CT molecular complexity index is 522. The van der Waals surface area contributed by atoms with Crippen molar-refractivity contribution in [2.45, 2.75) is 24.8 Å². The second-order valence-corrected chi connectivity index (χ2v) is 6.82. The van der Waals surface area contributed by atoms with Gasteiger partial charge in [-0.3, -0.25) is 8.98 Å². The first-order chi connectivity index (χ1) is 8.81. The number of aryl methyl sites for hydroxylation is 1. The quantitative estimate of drug-likeness (QED) is 0.799. The highest BCUT2D eigenvalue weighted by Gasteiger charge is 2.17. The third-order valence-corrected chi connectivity index (χ3v) is 4.46. The first-order valence-corrected chi connectivity index (χ1v) is 7.98. The van der Waals surface area contributed by atoms with E-state index < -0.39 is 16.2 Å². The van der Waals surface area contributed by atoms with Crippen LogP contribution in [0.3, 0.4) is 0 Å². The molecule has 0 saturated carbocycles. The zero-order valence-corrected chi connectivity index (χ0v) is 12.3. The minimum Gasteiger partial charge on any atom is -0.390 e. The summed E-state index contributed by atoms with van der Waals surface area (Å²) in [5.41, 5.74) is 0.942. The lowest BCUT2D eigenvalue weighted by Crippen LogP contribution is -2.21. The second kappa shape index (κ2) is 7.04. The van der Waals surface area contributed by atoms with Gasteiger partial charge in [-0.05, 0) is 19.1 Å². The summed E-state index contributed by atoms with van der Waals surface area (Å²) in [6.07, 6.45) is -1.01. The van der Waals surface area contributed by atoms with E-state index in [1.54, 1.807) is 12.1 Å². The van der Waals surface area contributed by atoms with E-state index in [2.05, 4.69) is 0 Å². The van der Waals surface area contributed by atoms with E-state index in [0.29, 0.717) is 0 Å². The van der Waals surface area contributed by atoms with Gasteiger partial charge in [-0.15, -0.1) is 0 Å². The van der Waals surface area contributed by atoms with Crippen molar-refractivity contribution >= 4 is 27.0 Å². The number of thioether (sulfide) groups is 1. The first kappa shape index (κ1) is 16.2. The molecule has 0 spiro atoms. The maximum atomic E-state index is 11.8. The molecule has 0 fully saturated rings. The van der Waals surface area contributed by atoms with E-state index in [4.69, 9.17) is 4.18 Å². The Morgan fingerprint density at radius 2 is 1.95 bits per heavy atom.